The average Bonchev–Trinajstić information content (AvgIpc) is 2.54. The van der Waals surface area contributed by atoms with Gasteiger partial charge in [-0.25, -0.2) is 14.4 Å². The van der Waals surface area contributed by atoms with E-state index in [1.54, 1.807) is 6.07 Å². The lowest BCUT2D eigenvalue weighted by Crippen LogP contribution is -2.55. The number of halogens is 4. The highest BCUT2D eigenvalue weighted by Gasteiger charge is 2.47. The fraction of sp³-hybridized carbons (Fsp3) is 0.438. The van der Waals surface area contributed by atoms with Gasteiger partial charge in [-0.3, -0.25) is 4.79 Å². The molecular weight excluding hydrogens is 340 g/mol. The van der Waals surface area contributed by atoms with E-state index in [0.29, 0.717) is 5.52 Å². The Balaban J connectivity index is 1.84. The Bertz CT molecular complexity index is 790. The third-order valence-corrected chi connectivity index (χ3v) is 4.32. The molecule has 3 rings (SSSR count). The summed E-state index contributed by atoms with van der Waals surface area (Å²) < 4.78 is 53.3. The van der Waals surface area contributed by atoms with Gasteiger partial charge in [-0.05, 0) is 25.0 Å². The van der Waals surface area contributed by atoms with Crippen LogP contribution in [0, 0.1) is 5.82 Å². The number of nitrogens with one attached hydrogen (secondary N) is 1. The van der Waals surface area contributed by atoms with E-state index in [1.807, 2.05) is 0 Å². The van der Waals surface area contributed by atoms with Crippen LogP contribution in [0.2, 0.25) is 0 Å². The van der Waals surface area contributed by atoms with Gasteiger partial charge >= 0.3 is 6.18 Å². The molecule has 134 valence electrons. The van der Waals surface area contributed by atoms with Gasteiger partial charge in [0, 0.05) is 19.5 Å². The van der Waals surface area contributed by atoms with E-state index in [-0.39, 0.29) is 30.6 Å². The molecule has 1 aliphatic heterocycles. The molecule has 1 fully saturated rings. The highest BCUT2D eigenvalue weighted by atomic mass is 19.4. The normalized spacial score (nSPS) is 21.4. The molecule has 1 aromatic carbocycles. The number of piperidine rings is 1. The van der Waals surface area contributed by atoms with Crippen molar-refractivity contribution in [2.75, 3.05) is 11.9 Å². The highest BCUT2D eigenvalue weighted by Crippen LogP contribution is 2.33. The van der Waals surface area contributed by atoms with Gasteiger partial charge < -0.3 is 10.2 Å². The maximum atomic E-state index is 14.1. The van der Waals surface area contributed by atoms with E-state index in [0.717, 1.165) is 11.8 Å². The van der Waals surface area contributed by atoms with E-state index in [9.17, 15) is 22.4 Å². The first-order valence-corrected chi connectivity index (χ1v) is 7.77. The van der Waals surface area contributed by atoms with Crippen LogP contribution in [0.5, 0.6) is 0 Å². The first kappa shape index (κ1) is 17.4. The maximum Gasteiger partial charge on any atom is 0.408 e. The van der Waals surface area contributed by atoms with Crippen LogP contribution in [0.15, 0.2) is 24.5 Å². The summed E-state index contributed by atoms with van der Waals surface area (Å²) in [5, 5.41) is 3.15. The Labute approximate surface area is 141 Å². The van der Waals surface area contributed by atoms with Gasteiger partial charge in [-0.15, -0.1) is 0 Å². The largest absolute Gasteiger partial charge is 0.408 e. The molecule has 5 nitrogen and oxygen atoms in total. The Morgan fingerprint density at radius 1 is 1.28 bits per heavy atom. The van der Waals surface area contributed by atoms with Crippen LogP contribution >= 0.6 is 0 Å². The molecule has 25 heavy (non-hydrogen) atoms. The Hall–Kier alpha value is -2.45. The lowest BCUT2D eigenvalue weighted by atomic mass is 9.97. The van der Waals surface area contributed by atoms with Crippen molar-refractivity contribution in [2.45, 2.75) is 38.0 Å². The van der Waals surface area contributed by atoms with Crippen molar-refractivity contribution >= 4 is 22.6 Å². The predicted molar refractivity (Wildman–Crippen MR) is 83.4 cm³/mol. The van der Waals surface area contributed by atoms with E-state index < -0.39 is 30.0 Å². The zero-order valence-electron chi connectivity index (χ0n) is 13.3. The quantitative estimate of drug-likeness (QED) is 0.840. The first-order chi connectivity index (χ1) is 11.8. The standard InChI is InChI=1S/C16H16F4N4O/c1-9(25)24-7-10(5-6-13(24)16(18,19)20)23-15-14-11(17)3-2-4-12(14)21-8-22-15/h2-4,8,10,13H,5-7H2,1H3,(H,21,22,23)/t10-,13+/m1/s1. The number of carbonyl (C=O) groups excluding carboxylic acids is 1. The monoisotopic (exact) mass is 356 g/mol. The number of alkyl halides is 3. The topological polar surface area (TPSA) is 58.1 Å². The molecule has 0 saturated carbocycles. The van der Waals surface area contributed by atoms with E-state index >= 15 is 0 Å². The second-order valence-electron chi connectivity index (χ2n) is 6.00. The molecule has 9 heteroatoms. The van der Waals surface area contributed by atoms with Crippen LogP contribution in [-0.2, 0) is 4.79 Å². The van der Waals surface area contributed by atoms with E-state index in [1.165, 1.54) is 18.5 Å². The van der Waals surface area contributed by atoms with Crippen LogP contribution in [0.4, 0.5) is 23.4 Å². The van der Waals surface area contributed by atoms with Crippen molar-refractivity contribution in [3.05, 3.63) is 30.3 Å². The number of fused-ring (bicyclic) bond motifs is 1. The molecule has 0 unspecified atom stereocenters. The number of nitrogens with zero attached hydrogens (tertiary/aromatic N) is 3. The van der Waals surface area contributed by atoms with Crippen molar-refractivity contribution in [3.8, 4) is 0 Å². The summed E-state index contributed by atoms with van der Waals surface area (Å²) in [6, 6.07) is 2.15. The number of amides is 1. The third kappa shape index (κ3) is 3.49. The molecule has 2 aromatic rings. The van der Waals surface area contributed by atoms with Gasteiger partial charge in [-0.2, -0.15) is 13.2 Å². The predicted octanol–water partition coefficient (Wildman–Crippen LogP) is 3.12. The van der Waals surface area contributed by atoms with Crippen molar-refractivity contribution in [1.29, 1.82) is 0 Å². The fourth-order valence-electron chi connectivity index (χ4n) is 3.15. The zero-order valence-corrected chi connectivity index (χ0v) is 13.3. The van der Waals surface area contributed by atoms with E-state index in [2.05, 4.69) is 15.3 Å². The SMILES string of the molecule is CC(=O)N1C[C@H](Nc2ncnc3cccc(F)c23)CC[C@H]1C(F)(F)F. The number of hydrogen-bond donors (Lipinski definition) is 1. The van der Waals surface area contributed by atoms with Crippen molar-refractivity contribution in [2.24, 2.45) is 0 Å². The highest BCUT2D eigenvalue weighted by molar-refractivity contribution is 5.89. The number of aromatic nitrogens is 2. The summed E-state index contributed by atoms with van der Waals surface area (Å²) in [5.74, 6) is -0.956. The molecule has 1 aliphatic rings. The minimum atomic E-state index is -4.47. The second kappa shape index (κ2) is 6.45. The van der Waals surface area contributed by atoms with Crippen LogP contribution in [0.25, 0.3) is 10.9 Å². The number of rotatable bonds is 2. The number of likely N-dealkylation sites (tertiary alicyclic amines) is 1. The smallest absolute Gasteiger partial charge is 0.365 e. The van der Waals surface area contributed by atoms with Gasteiger partial charge in [0.1, 0.15) is 24.0 Å². The van der Waals surface area contributed by atoms with Crippen molar-refractivity contribution < 1.29 is 22.4 Å². The molecule has 1 saturated heterocycles. The minimum absolute atomic E-state index is 0.126. The zero-order chi connectivity index (χ0) is 18.2. The molecular formula is C16H16F4N4O. The third-order valence-electron chi connectivity index (χ3n) is 4.32. The summed E-state index contributed by atoms with van der Waals surface area (Å²) in [7, 11) is 0. The molecule has 2 heterocycles. The first-order valence-electron chi connectivity index (χ1n) is 7.77. The van der Waals surface area contributed by atoms with Crippen LogP contribution in [0.1, 0.15) is 19.8 Å². The van der Waals surface area contributed by atoms with Gasteiger partial charge in [0.25, 0.3) is 0 Å². The summed E-state index contributed by atoms with van der Waals surface area (Å²) in [4.78, 5) is 20.4. The summed E-state index contributed by atoms with van der Waals surface area (Å²) in [6.45, 7) is 0.986. The lowest BCUT2D eigenvalue weighted by Gasteiger charge is -2.40. The minimum Gasteiger partial charge on any atom is -0.365 e. The summed E-state index contributed by atoms with van der Waals surface area (Å²) in [6.07, 6.45) is -3.24. The van der Waals surface area contributed by atoms with Gasteiger partial charge in [0.05, 0.1) is 10.9 Å². The number of hydrogen-bond acceptors (Lipinski definition) is 4. The van der Waals surface area contributed by atoms with Crippen LogP contribution < -0.4 is 5.32 Å². The average molecular weight is 356 g/mol. The second-order valence-corrected chi connectivity index (χ2v) is 6.00. The van der Waals surface area contributed by atoms with Crippen molar-refractivity contribution in [3.63, 3.8) is 0 Å². The van der Waals surface area contributed by atoms with Crippen LogP contribution in [0.3, 0.4) is 0 Å². The molecule has 2 atom stereocenters. The molecule has 1 aromatic heterocycles. The molecule has 0 bridgehead atoms. The van der Waals surface area contributed by atoms with Gasteiger partial charge in [0.15, 0.2) is 0 Å². The van der Waals surface area contributed by atoms with Gasteiger partial charge in [0.2, 0.25) is 5.91 Å². The summed E-state index contributed by atoms with van der Waals surface area (Å²) >= 11 is 0. The van der Waals surface area contributed by atoms with Crippen LogP contribution in [-0.4, -0.2) is 45.6 Å². The molecule has 1 amide bonds. The maximum absolute atomic E-state index is 14.1. The van der Waals surface area contributed by atoms with Gasteiger partial charge in [-0.1, -0.05) is 6.07 Å². The number of anilines is 1. The fourth-order valence-corrected chi connectivity index (χ4v) is 3.15. The Morgan fingerprint density at radius 3 is 2.72 bits per heavy atom. The Morgan fingerprint density at radius 2 is 2.04 bits per heavy atom. The molecule has 0 spiro atoms. The Kier molecular flexibility index (Phi) is 4.49. The molecule has 1 N–H and O–H groups in total. The number of carbonyl (C=O) groups is 1. The van der Waals surface area contributed by atoms with Crippen molar-refractivity contribution in [1.82, 2.24) is 14.9 Å². The number of benzene rings is 1. The summed E-state index contributed by atoms with van der Waals surface area (Å²) in [5.41, 5.74) is 0.393. The molecule has 0 radical (unpaired) electrons. The van der Waals surface area contributed by atoms with E-state index in [4.69, 9.17) is 0 Å². The molecule has 0 aliphatic carbocycles. The lowest BCUT2D eigenvalue weighted by molar-refractivity contribution is -0.195.